The standard InChI is InChI=1S/C20H24F2N8O3.ClH/c1-11-16(29-33-28-11)18(31)27-17(12-2-4-20(21,22)5-3-12)14-9-30-19(26-14)25-13(8-24-30)15-10-32-7-6-23-15;/h8-9,12,15,17,23H,2-7,10H2,1H3,(H,27,31);1H/t15?,17-;/m0./s1. The van der Waals surface area contributed by atoms with E-state index in [2.05, 4.69) is 40.6 Å². The minimum atomic E-state index is -2.69. The van der Waals surface area contributed by atoms with Crippen LogP contribution in [-0.4, -0.2) is 61.5 Å². The Morgan fingerprint density at radius 1 is 1.29 bits per heavy atom. The summed E-state index contributed by atoms with van der Waals surface area (Å²) in [6, 6.07) is -0.706. The number of fused-ring (bicyclic) bond motifs is 1. The van der Waals surface area contributed by atoms with Crippen LogP contribution in [0.25, 0.3) is 5.78 Å². The predicted octanol–water partition coefficient (Wildman–Crippen LogP) is 2.20. The number of nitrogens with zero attached hydrogens (tertiary/aromatic N) is 6. The van der Waals surface area contributed by atoms with Crippen LogP contribution in [0.2, 0.25) is 0 Å². The molecule has 1 unspecified atom stereocenters. The summed E-state index contributed by atoms with van der Waals surface area (Å²) in [5, 5.41) is 17.9. The van der Waals surface area contributed by atoms with Gasteiger partial charge in [0.25, 0.3) is 11.7 Å². The van der Waals surface area contributed by atoms with Gasteiger partial charge in [0.05, 0.1) is 49.1 Å². The van der Waals surface area contributed by atoms with Gasteiger partial charge in [-0.25, -0.2) is 27.9 Å². The van der Waals surface area contributed by atoms with Gasteiger partial charge in [-0.2, -0.15) is 5.10 Å². The SMILES string of the molecule is Cc1nonc1C(=O)N[C@H](c1cn2ncc(C3COCCN3)nc2n1)C1CCC(F)(F)CC1.Cl. The van der Waals surface area contributed by atoms with Crippen LogP contribution in [0.3, 0.4) is 0 Å². The average molecular weight is 499 g/mol. The van der Waals surface area contributed by atoms with Crippen molar-refractivity contribution in [2.45, 2.75) is 50.6 Å². The highest BCUT2D eigenvalue weighted by Gasteiger charge is 2.39. The molecule has 4 heterocycles. The Labute approximate surface area is 199 Å². The van der Waals surface area contributed by atoms with Crippen LogP contribution in [0.4, 0.5) is 8.78 Å². The van der Waals surface area contributed by atoms with E-state index in [0.29, 0.717) is 42.6 Å². The number of hydrogen-bond donors (Lipinski definition) is 2. The van der Waals surface area contributed by atoms with E-state index in [-0.39, 0.29) is 55.7 Å². The van der Waals surface area contributed by atoms with Gasteiger partial charge in [0.1, 0.15) is 5.69 Å². The molecular formula is C20H25ClF2N8O3. The van der Waals surface area contributed by atoms with Crippen LogP contribution < -0.4 is 10.6 Å². The number of alkyl halides is 2. The van der Waals surface area contributed by atoms with Crippen LogP contribution in [-0.2, 0) is 4.74 Å². The summed E-state index contributed by atoms with van der Waals surface area (Å²) in [5.74, 6) is -3.07. The maximum Gasteiger partial charge on any atom is 0.276 e. The molecule has 3 aromatic rings. The lowest BCUT2D eigenvalue weighted by Crippen LogP contribution is -2.37. The van der Waals surface area contributed by atoms with Crippen molar-refractivity contribution in [3.63, 3.8) is 0 Å². The van der Waals surface area contributed by atoms with Crippen molar-refractivity contribution < 1.29 is 22.9 Å². The fourth-order valence-electron chi connectivity index (χ4n) is 4.35. The summed E-state index contributed by atoms with van der Waals surface area (Å²) in [7, 11) is 0. The quantitative estimate of drug-likeness (QED) is 0.543. The van der Waals surface area contributed by atoms with Gasteiger partial charge in [-0.1, -0.05) is 5.16 Å². The van der Waals surface area contributed by atoms with Gasteiger partial charge < -0.3 is 15.4 Å². The number of nitrogens with one attached hydrogen (secondary N) is 2. The molecule has 3 aromatic heterocycles. The van der Waals surface area contributed by atoms with E-state index in [1.807, 2.05) is 0 Å². The summed E-state index contributed by atoms with van der Waals surface area (Å²) in [6.07, 6.45) is 3.33. The molecule has 1 saturated heterocycles. The lowest BCUT2D eigenvalue weighted by Gasteiger charge is -2.33. The van der Waals surface area contributed by atoms with E-state index in [0.717, 1.165) is 0 Å². The summed E-state index contributed by atoms with van der Waals surface area (Å²) in [5.41, 5.74) is 1.58. The third-order valence-corrected chi connectivity index (χ3v) is 6.22. The molecule has 0 spiro atoms. The van der Waals surface area contributed by atoms with Gasteiger partial charge in [0, 0.05) is 19.4 Å². The largest absolute Gasteiger partial charge is 0.378 e. The molecular weight excluding hydrogens is 474 g/mol. The number of amides is 1. The molecule has 1 aliphatic carbocycles. The lowest BCUT2D eigenvalue weighted by atomic mass is 9.81. The van der Waals surface area contributed by atoms with E-state index < -0.39 is 17.9 Å². The van der Waals surface area contributed by atoms with Crippen molar-refractivity contribution in [2.75, 3.05) is 19.8 Å². The molecule has 0 bridgehead atoms. The highest BCUT2D eigenvalue weighted by Crippen LogP contribution is 2.41. The first kappa shape index (κ1) is 24.4. The fourth-order valence-corrected chi connectivity index (χ4v) is 4.35. The monoisotopic (exact) mass is 498 g/mol. The maximum atomic E-state index is 13.8. The molecule has 2 atom stereocenters. The first-order valence-corrected chi connectivity index (χ1v) is 10.9. The number of aromatic nitrogens is 6. The van der Waals surface area contributed by atoms with Crippen LogP contribution in [0.1, 0.15) is 65.3 Å². The summed E-state index contributed by atoms with van der Waals surface area (Å²) < 4.78 is 39.2. The third kappa shape index (κ3) is 5.00. The number of carbonyl (C=O) groups excluding carboxylic acids is 1. The van der Waals surface area contributed by atoms with Crippen molar-refractivity contribution in [3.05, 3.63) is 35.2 Å². The van der Waals surface area contributed by atoms with Crippen molar-refractivity contribution in [1.29, 1.82) is 0 Å². The third-order valence-electron chi connectivity index (χ3n) is 6.22. The number of morpholine rings is 1. The van der Waals surface area contributed by atoms with Crippen molar-refractivity contribution in [2.24, 2.45) is 5.92 Å². The Morgan fingerprint density at radius 2 is 2.09 bits per heavy atom. The van der Waals surface area contributed by atoms with Crippen LogP contribution in [0.15, 0.2) is 17.0 Å². The number of halogens is 3. The maximum absolute atomic E-state index is 13.8. The number of hydrogen-bond acceptors (Lipinski definition) is 9. The van der Waals surface area contributed by atoms with Crippen LogP contribution in [0.5, 0.6) is 0 Å². The highest BCUT2D eigenvalue weighted by molar-refractivity contribution is 5.93. The smallest absolute Gasteiger partial charge is 0.276 e. The van der Waals surface area contributed by atoms with Gasteiger partial charge in [-0.05, 0) is 30.8 Å². The number of carbonyl (C=O) groups is 1. The fraction of sp³-hybridized carbons (Fsp3) is 0.600. The Morgan fingerprint density at radius 3 is 2.76 bits per heavy atom. The number of imidazole rings is 1. The van der Waals surface area contributed by atoms with E-state index >= 15 is 0 Å². The second-order valence-corrected chi connectivity index (χ2v) is 8.52. The zero-order valence-corrected chi connectivity index (χ0v) is 19.2. The normalized spacial score (nSPS) is 21.7. The Balaban J connectivity index is 0.00000274. The van der Waals surface area contributed by atoms with Gasteiger partial charge in [-0.15, -0.1) is 12.4 Å². The molecule has 2 N–H and O–H groups in total. The van der Waals surface area contributed by atoms with E-state index in [1.165, 1.54) is 4.52 Å². The summed E-state index contributed by atoms with van der Waals surface area (Å²) in [4.78, 5) is 22.0. The summed E-state index contributed by atoms with van der Waals surface area (Å²) in [6.45, 7) is 3.44. The van der Waals surface area contributed by atoms with Gasteiger partial charge in [0.15, 0.2) is 5.69 Å². The van der Waals surface area contributed by atoms with Crippen LogP contribution in [0, 0.1) is 12.8 Å². The molecule has 0 aromatic carbocycles. The lowest BCUT2D eigenvalue weighted by molar-refractivity contribution is -0.0495. The number of aryl methyl sites for hydroxylation is 1. The topological polar surface area (TPSA) is 132 Å². The molecule has 1 amide bonds. The van der Waals surface area contributed by atoms with Gasteiger partial charge >= 0.3 is 0 Å². The summed E-state index contributed by atoms with van der Waals surface area (Å²) >= 11 is 0. The Kier molecular flexibility index (Phi) is 7.05. The second kappa shape index (κ2) is 9.84. The first-order chi connectivity index (χ1) is 15.9. The highest BCUT2D eigenvalue weighted by atomic mass is 35.5. The molecule has 34 heavy (non-hydrogen) atoms. The minimum Gasteiger partial charge on any atom is -0.378 e. The minimum absolute atomic E-state index is 0. The number of rotatable bonds is 5. The van der Waals surface area contributed by atoms with Crippen molar-refractivity contribution >= 4 is 24.1 Å². The molecule has 11 nitrogen and oxygen atoms in total. The van der Waals surface area contributed by atoms with Gasteiger partial charge in [-0.3, -0.25) is 4.79 Å². The zero-order chi connectivity index (χ0) is 23.0. The van der Waals surface area contributed by atoms with Crippen molar-refractivity contribution in [3.8, 4) is 0 Å². The Hall–Kier alpha value is -2.77. The molecule has 1 aliphatic heterocycles. The Bertz CT molecular complexity index is 1140. The molecule has 0 radical (unpaired) electrons. The molecule has 2 aliphatic rings. The van der Waals surface area contributed by atoms with E-state index in [4.69, 9.17) is 4.74 Å². The van der Waals surface area contributed by atoms with Gasteiger partial charge in [0.2, 0.25) is 5.92 Å². The molecule has 184 valence electrons. The van der Waals surface area contributed by atoms with Crippen molar-refractivity contribution in [1.82, 2.24) is 40.5 Å². The average Bonchev–Trinajstić information content (AvgIpc) is 3.43. The molecule has 5 rings (SSSR count). The zero-order valence-electron chi connectivity index (χ0n) is 18.4. The number of ether oxygens (including phenoxy) is 1. The first-order valence-electron chi connectivity index (χ1n) is 10.9. The predicted molar refractivity (Wildman–Crippen MR) is 116 cm³/mol. The van der Waals surface area contributed by atoms with E-state index in [9.17, 15) is 13.6 Å². The van der Waals surface area contributed by atoms with E-state index in [1.54, 1.807) is 19.3 Å². The van der Waals surface area contributed by atoms with Crippen LogP contribution >= 0.6 is 12.4 Å². The molecule has 2 fully saturated rings. The second-order valence-electron chi connectivity index (χ2n) is 8.52. The molecule has 14 heteroatoms. The molecule has 1 saturated carbocycles.